The zero-order valence-corrected chi connectivity index (χ0v) is 10.8. The molecule has 0 radical (unpaired) electrons. The van der Waals surface area contributed by atoms with Gasteiger partial charge < -0.3 is 5.32 Å². The van der Waals surface area contributed by atoms with Gasteiger partial charge in [-0.1, -0.05) is 6.92 Å². The van der Waals surface area contributed by atoms with Crippen molar-refractivity contribution in [1.29, 1.82) is 0 Å². The molecular formula is C11H17FN2O2S. The Bertz CT molecular complexity index is 462. The molecule has 1 atom stereocenters. The maximum Gasteiger partial charge on any atom is 0.147 e. The van der Waals surface area contributed by atoms with Gasteiger partial charge in [-0.05, 0) is 25.1 Å². The van der Waals surface area contributed by atoms with Crippen LogP contribution in [0, 0.1) is 5.82 Å². The standard InChI is InChI=1S/C11H17FN2O2S/c1-3-13-10(6-8-17(2,15)16)11-9(12)5-4-7-14-11/h4-5,7,10,13H,3,6,8H2,1-2H3. The van der Waals surface area contributed by atoms with Crippen LogP contribution in [-0.2, 0) is 9.84 Å². The van der Waals surface area contributed by atoms with E-state index in [0.717, 1.165) is 0 Å². The third-order valence-corrected chi connectivity index (χ3v) is 3.32. The van der Waals surface area contributed by atoms with Gasteiger partial charge in [-0.15, -0.1) is 0 Å². The molecule has 0 aliphatic rings. The van der Waals surface area contributed by atoms with E-state index < -0.39 is 15.7 Å². The first kappa shape index (κ1) is 14.1. The van der Waals surface area contributed by atoms with Crippen LogP contribution in [0.1, 0.15) is 25.1 Å². The molecule has 1 rings (SSSR count). The predicted octanol–water partition coefficient (Wildman–Crippen LogP) is 1.31. The Morgan fingerprint density at radius 2 is 2.24 bits per heavy atom. The number of nitrogens with zero attached hydrogens (tertiary/aromatic N) is 1. The smallest absolute Gasteiger partial charge is 0.147 e. The number of sulfone groups is 1. The van der Waals surface area contributed by atoms with E-state index in [1.807, 2.05) is 6.92 Å². The SMILES string of the molecule is CCNC(CCS(C)(=O)=O)c1ncccc1F. The highest BCUT2D eigenvalue weighted by atomic mass is 32.2. The van der Waals surface area contributed by atoms with E-state index in [1.54, 1.807) is 0 Å². The lowest BCUT2D eigenvalue weighted by Crippen LogP contribution is -2.25. The lowest BCUT2D eigenvalue weighted by Gasteiger charge is -2.17. The van der Waals surface area contributed by atoms with Crippen molar-refractivity contribution in [3.05, 3.63) is 29.8 Å². The number of hydrogen-bond donors (Lipinski definition) is 1. The van der Waals surface area contributed by atoms with Crippen LogP contribution in [0.4, 0.5) is 4.39 Å². The van der Waals surface area contributed by atoms with Crippen molar-refractivity contribution in [3.8, 4) is 0 Å². The third kappa shape index (κ3) is 4.79. The van der Waals surface area contributed by atoms with Crippen LogP contribution >= 0.6 is 0 Å². The molecule has 1 aromatic heterocycles. The van der Waals surface area contributed by atoms with Gasteiger partial charge in [0.05, 0.1) is 17.5 Å². The van der Waals surface area contributed by atoms with E-state index in [9.17, 15) is 12.8 Å². The fourth-order valence-electron chi connectivity index (χ4n) is 1.57. The molecule has 1 N–H and O–H groups in total. The lowest BCUT2D eigenvalue weighted by atomic mass is 10.1. The molecule has 0 saturated heterocycles. The van der Waals surface area contributed by atoms with Gasteiger partial charge in [-0.2, -0.15) is 0 Å². The summed E-state index contributed by atoms with van der Waals surface area (Å²) in [5.41, 5.74) is 0.276. The van der Waals surface area contributed by atoms with Crippen LogP contribution in [0.25, 0.3) is 0 Å². The van der Waals surface area contributed by atoms with Crippen LogP contribution in [0.15, 0.2) is 18.3 Å². The molecule has 0 aliphatic heterocycles. The number of nitrogens with one attached hydrogen (secondary N) is 1. The van der Waals surface area contributed by atoms with E-state index in [4.69, 9.17) is 0 Å². The predicted molar refractivity (Wildman–Crippen MR) is 64.9 cm³/mol. The highest BCUT2D eigenvalue weighted by Crippen LogP contribution is 2.18. The Balaban J connectivity index is 2.82. The van der Waals surface area contributed by atoms with Crippen LogP contribution < -0.4 is 5.32 Å². The summed E-state index contributed by atoms with van der Waals surface area (Å²) >= 11 is 0. The molecule has 1 heterocycles. The summed E-state index contributed by atoms with van der Waals surface area (Å²) < 4.78 is 35.8. The van der Waals surface area contributed by atoms with Gasteiger partial charge in [-0.25, -0.2) is 12.8 Å². The zero-order chi connectivity index (χ0) is 12.9. The largest absolute Gasteiger partial charge is 0.309 e. The highest BCUT2D eigenvalue weighted by molar-refractivity contribution is 7.90. The minimum Gasteiger partial charge on any atom is -0.309 e. The van der Waals surface area contributed by atoms with E-state index in [2.05, 4.69) is 10.3 Å². The van der Waals surface area contributed by atoms with Gasteiger partial charge in [0.1, 0.15) is 15.7 Å². The van der Waals surface area contributed by atoms with Crippen molar-refractivity contribution in [1.82, 2.24) is 10.3 Å². The summed E-state index contributed by atoms with van der Waals surface area (Å²) in [4.78, 5) is 3.97. The van der Waals surface area contributed by atoms with Gasteiger partial charge in [0, 0.05) is 12.5 Å². The third-order valence-electron chi connectivity index (χ3n) is 2.34. The Labute approximate surface area is 101 Å². The fourth-order valence-corrected chi connectivity index (χ4v) is 2.23. The van der Waals surface area contributed by atoms with Crippen LogP contribution in [0.2, 0.25) is 0 Å². The molecule has 96 valence electrons. The molecule has 4 nitrogen and oxygen atoms in total. The second-order valence-electron chi connectivity index (χ2n) is 3.90. The van der Waals surface area contributed by atoms with Crippen LogP contribution in [0.5, 0.6) is 0 Å². The summed E-state index contributed by atoms with van der Waals surface area (Å²) in [6.07, 6.45) is 2.99. The molecule has 0 aliphatic carbocycles. The number of rotatable bonds is 6. The van der Waals surface area contributed by atoms with Crippen LogP contribution in [0.3, 0.4) is 0 Å². The quantitative estimate of drug-likeness (QED) is 0.837. The number of aromatic nitrogens is 1. The summed E-state index contributed by atoms with van der Waals surface area (Å²) in [6, 6.07) is 2.47. The van der Waals surface area contributed by atoms with Crippen molar-refractivity contribution < 1.29 is 12.8 Å². The highest BCUT2D eigenvalue weighted by Gasteiger charge is 2.17. The molecule has 0 fully saturated rings. The average molecular weight is 260 g/mol. The molecule has 1 unspecified atom stereocenters. The molecule has 0 aromatic carbocycles. The Morgan fingerprint density at radius 3 is 2.76 bits per heavy atom. The second kappa shape index (κ2) is 6.07. The number of pyridine rings is 1. The van der Waals surface area contributed by atoms with Crippen molar-refractivity contribution in [2.24, 2.45) is 0 Å². The first-order valence-electron chi connectivity index (χ1n) is 5.45. The molecule has 1 aromatic rings. The number of halogens is 1. The van der Waals surface area contributed by atoms with E-state index in [-0.39, 0.29) is 17.5 Å². The molecule has 0 spiro atoms. The molecule has 0 amide bonds. The minimum atomic E-state index is -3.05. The maximum atomic E-state index is 13.5. The maximum absolute atomic E-state index is 13.5. The molecule has 0 bridgehead atoms. The van der Waals surface area contributed by atoms with E-state index in [0.29, 0.717) is 13.0 Å². The van der Waals surface area contributed by atoms with Crippen molar-refractivity contribution in [2.75, 3.05) is 18.6 Å². The van der Waals surface area contributed by atoms with E-state index >= 15 is 0 Å². The molecule has 6 heteroatoms. The summed E-state index contributed by atoms with van der Waals surface area (Å²) in [5.74, 6) is -0.396. The van der Waals surface area contributed by atoms with Gasteiger partial charge in [0.15, 0.2) is 0 Å². The van der Waals surface area contributed by atoms with Crippen molar-refractivity contribution in [3.63, 3.8) is 0 Å². The average Bonchev–Trinajstić information content (AvgIpc) is 2.24. The first-order valence-corrected chi connectivity index (χ1v) is 7.51. The Hall–Kier alpha value is -1.01. The van der Waals surface area contributed by atoms with Gasteiger partial charge >= 0.3 is 0 Å². The summed E-state index contributed by atoms with van der Waals surface area (Å²) in [6.45, 7) is 2.51. The van der Waals surface area contributed by atoms with Crippen molar-refractivity contribution in [2.45, 2.75) is 19.4 Å². The van der Waals surface area contributed by atoms with Gasteiger partial charge in [0.2, 0.25) is 0 Å². The van der Waals surface area contributed by atoms with Crippen LogP contribution in [-0.4, -0.2) is 32.0 Å². The Kier molecular flexibility index (Phi) is 5.02. The van der Waals surface area contributed by atoms with Gasteiger partial charge in [-0.3, -0.25) is 4.98 Å². The summed E-state index contributed by atoms with van der Waals surface area (Å²) in [5, 5.41) is 3.05. The zero-order valence-electron chi connectivity index (χ0n) is 9.98. The fraction of sp³-hybridized carbons (Fsp3) is 0.545. The minimum absolute atomic E-state index is 0.0146. The normalized spacial score (nSPS) is 13.6. The topological polar surface area (TPSA) is 59.1 Å². The first-order chi connectivity index (χ1) is 7.94. The molecular weight excluding hydrogens is 243 g/mol. The van der Waals surface area contributed by atoms with Gasteiger partial charge in [0.25, 0.3) is 0 Å². The lowest BCUT2D eigenvalue weighted by molar-refractivity contribution is 0.483. The second-order valence-corrected chi connectivity index (χ2v) is 6.16. The monoisotopic (exact) mass is 260 g/mol. The van der Waals surface area contributed by atoms with E-state index in [1.165, 1.54) is 24.6 Å². The summed E-state index contributed by atoms with van der Waals surface area (Å²) in [7, 11) is -3.05. The number of hydrogen-bond acceptors (Lipinski definition) is 4. The van der Waals surface area contributed by atoms with Crippen molar-refractivity contribution >= 4 is 9.84 Å². The molecule has 17 heavy (non-hydrogen) atoms. The molecule has 0 saturated carbocycles. The Morgan fingerprint density at radius 1 is 1.53 bits per heavy atom.